The molecular weight excluding hydrogens is 458 g/mol. The second-order valence-corrected chi connectivity index (χ2v) is 8.33. The number of pyridine rings is 2. The summed E-state index contributed by atoms with van der Waals surface area (Å²) in [6, 6.07) is 8.92. The topological polar surface area (TPSA) is 121 Å². The summed E-state index contributed by atoms with van der Waals surface area (Å²) in [7, 11) is 1.58. The Labute approximate surface area is 208 Å². The smallest absolute Gasteiger partial charge is 0.298 e. The van der Waals surface area contributed by atoms with Crippen LogP contribution in [-0.4, -0.2) is 55.3 Å². The van der Waals surface area contributed by atoms with Crippen molar-refractivity contribution in [3.63, 3.8) is 0 Å². The highest BCUT2D eigenvalue weighted by Crippen LogP contribution is 2.34. The highest BCUT2D eigenvalue weighted by Gasteiger charge is 2.28. The molecule has 1 atom stereocenters. The van der Waals surface area contributed by atoms with E-state index in [0.29, 0.717) is 42.4 Å². The number of nitrogen functional groups attached to an aromatic ring is 1. The molecule has 36 heavy (non-hydrogen) atoms. The number of amides is 1. The van der Waals surface area contributed by atoms with Crippen LogP contribution in [0.5, 0.6) is 17.5 Å². The van der Waals surface area contributed by atoms with E-state index in [1.807, 2.05) is 16.5 Å². The zero-order chi connectivity index (χ0) is 25.1. The van der Waals surface area contributed by atoms with Crippen LogP contribution in [0.4, 0.5) is 5.95 Å². The molecule has 10 heteroatoms. The van der Waals surface area contributed by atoms with Gasteiger partial charge in [0.1, 0.15) is 11.6 Å². The molecular formula is C26H25N7O3. The normalized spacial score (nSPS) is 15.3. The van der Waals surface area contributed by atoms with Crippen molar-refractivity contribution in [3.8, 4) is 40.7 Å². The van der Waals surface area contributed by atoms with Gasteiger partial charge in [0.2, 0.25) is 17.7 Å². The number of carbonyl (C=O) groups is 1. The number of nitrogens with zero attached hydrogens (tertiary/aromatic N) is 6. The fourth-order valence-corrected chi connectivity index (χ4v) is 4.40. The van der Waals surface area contributed by atoms with Gasteiger partial charge in [-0.15, -0.1) is 0 Å². The van der Waals surface area contributed by atoms with Gasteiger partial charge in [-0.2, -0.15) is 0 Å². The Bertz CT molecular complexity index is 1470. The summed E-state index contributed by atoms with van der Waals surface area (Å²) in [6.07, 6.45) is 6.74. The lowest BCUT2D eigenvalue weighted by molar-refractivity contribution is -0.126. The lowest BCUT2D eigenvalue weighted by Crippen LogP contribution is -2.38. The monoisotopic (exact) mass is 483 g/mol. The predicted octanol–water partition coefficient (Wildman–Crippen LogP) is 3.30. The number of methoxy groups -OCH3 is 1. The van der Waals surface area contributed by atoms with E-state index >= 15 is 0 Å². The minimum atomic E-state index is -0.155. The number of aromatic nitrogens is 5. The first-order chi connectivity index (χ1) is 17.6. The molecule has 1 aliphatic rings. The molecule has 1 amide bonds. The maximum Gasteiger partial charge on any atom is 0.298 e. The molecule has 0 saturated carbocycles. The number of carbonyl (C=O) groups excluding carboxylic acids is 1. The summed E-state index contributed by atoms with van der Waals surface area (Å²) in [4.78, 5) is 32.0. The number of hydrogen-bond donors (Lipinski definition) is 1. The van der Waals surface area contributed by atoms with Crippen LogP contribution < -0.4 is 15.2 Å². The minimum absolute atomic E-state index is 0.0570. The van der Waals surface area contributed by atoms with E-state index in [0.717, 1.165) is 29.6 Å². The molecule has 1 fully saturated rings. The van der Waals surface area contributed by atoms with Crippen LogP contribution in [-0.2, 0) is 4.79 Å². The third-order valence-electron chi connectivity index (χ3n) is 6.08. The molecule has 182 valence electrons. The number of nitrogens with two attached hydrogens (primary N) is 1. The first-order valence-corrected chi connectivity index (χ1v) is 11.6. The SMILES string of the molecule is CC#CC(=O)N1CCCC(c2nc(-c3ccc(Oc4cc(OC)ccn4)nc3)n3c(N)nccc23)C1. The molecule has 4 aromatic rings. The number of ether oxygens (including phenoxy) is 2. The molecule has 2 N–H and O–H groups in total. The number of hydrogen-bond acceptors (Lipinski definition) is 8. The number of rotatable bonds is 5. The van der Waals surface area contributed by atoms with Gasteiger partial charge in [-0.3, -0.25) is 9.20 Å². The first-order valence-electron chi connectivity index (χ1n) is 11.6. The van der Waals surface area contributed by atoms with Crippen LogP contribution in [0.3, 0.4) is 0 Å². The quantitative estimate of drug-likeness (QED) is 0.429. The van der Waals surface area contributed by atoms with Gasteiger partial charge in [-0.1, -0.05) is 5.92 Å². The van der Waals surface area contributed by atoms with Gasteiger partial charge in [-0.25, -0.2) is 19.9 Å². The maximum absolute atomic E-state index is 12.4. The summed E-state index contributed by atoms with van der Waals surface area (Å²) >= 11 is 0. The lowest BCUT2D eigenvalue weighted by Gasteiger charge is -2.30. The third kappa shape index (κ3) is 4.51. The standard InChI is InChI=1S/C26H25N7O3/c1-3-5-23(34)32-13-4-6-18(16-32)24-20-10-12-29-26(27)33(20)25(31-24)17-7-8-21(30-15-17)36-22-14-19(35-2)9-11-28-22/h7-12,14-15,18H,4,6,13,16H2,1-2H3,(H2,27,29). The molecule has 0 aromatic carbocycles. The van der Waals surface area contributed by atoms with Crippen LogP contribution in [0.2, 0.25) is 0 Å². The molecule has 0 radical (unpaired) electrons. The van der Waals surface area contributed by atoms with Crippen LogP contribution in [0.1, 0.15) is 31.4 Å². The minimum Gasteiger partial charge on any atom is -0.497 e. The van der Waals surface area contributed by atoms with Gasteiger partial charge in [-0.05, 0) is 43.9 Å². The van der Waals surface area contributed by atoms with Crippen LogP contribution in [0.15, 0.2) is 48.9 Å². The van der Waals surface area contributed by atoms with Gasteiger partial charge in [0.15, 0.2) is 0 Å². The molecule has 4 aromatic heterocycles. The van der Waals surface area contributed by atoms with Crippen molar-refractivity contribution in [2.45, 2.75) is 25.7 Å². The second-order valence-electron chi connectivity index (χ2n) is 8.33. The Morgan fingerprint density at radius 2 is 2.00 bits per heavy atom. The average molecular weight is 484 g/mol. The summed E-state index contributed by atoms with van der Waals surface area (Å²) in [5.74, 6) is 7.58. The highest BCUT2D eigenvalue weighted by molar-refractivity contribution is 5.93. The number of fused-ring (bicyclic) bond motifs is 1. The van der Waals surface area contributed by atoms with Crippen molar-refractivity contribution in [3.05, 3.63) is 54.6 Å². The summed E-state index contributed by atoms with van der Waals surface area (Å²) in [5.41, 5.74) is 8.77. The number of likely N-dealkylation sites (tertiary alicyclic amines) is 1. The van der Waals surface area contributed by atoms with Gasteiger partial charge in [0, 0.05) is 55.3 Å². The van der Waals surface area contributed by atoms with Crippen LogP contribution in [0, 0.1) is 11.8 Å². The van der Waals surface area contributed by atoms with E-state index in [9.17, 15) is 4.79 Å². The largest absolute Gasteiger partial charge is 0.497 e. The fraction of sp³-hybridized carbons (Fsp3) is 0.269. The molecule has 0 spiro atoms. The third-order valence-corrected chi connectivity index (χ3v) is 6.08. The zero-order valence-corrected chi connectivity index (χ0v) is 20.0. The molecule has 1 saturated heterocycles. The van der Waals surface area contributed by atoms with E-state index in [1.165, 1.54) is 0 Å². The first kappa shape index (κ1) is 23.1. The molecule has 1 aliphatic heterocycles. The molecule has 0 bridgehead atoms. The van der Waals surface area contributed by atoms with Crippen molar-refractivity contribution < 1.29 is 14.3 Å². The van der Waals surface area contributed by atoms with Gasteiger partial charge in [0.25, 0.3) is 5.91 Å². The Hall–Kier alpha value is -4.65. The van der Waals surface area contributed by atoms with Crippen molar-refractivity contribution in [1.29, 1.82) is 0 Å². The van der Waals surface area contributed by atoms with Gasteiger partial charge < -0.3 is 20.1 Å². The summed E-state index contributed by atoms with van der Waals surface area (Å²) < 4.78 is 12.8. The maximum atomic E-state index is 12.4. The van der Waals surface area contributed by atoms with E-state index in [1.54, 1.807) is 55.7 Å². The average Bonchev–Trinajstić information content (AvgIpc) is 3.30. The van der Waals surface area contributed by atoms with E-state index in [4.69, 9.17) is 20.2 Å². The highest BCUT2D eigenvalue weighted by atomic mass is 16.5. The zero-order valence-electron chi connectivity index (χ0n) is 20.0. The van der Waals surface area contributed by atoms with Crippen molar-refractivity contribution in [1.82, 2.24) is 29.2 Å². The number of imidazole rings is 1. The molecule has 5 rings (SSSR count). The van der Waals surface area contributed by atoms with Gasteiger partial charge >= 0.3 is 0 Å². The Morgan fingerprint density at radius 1 is 1.14 bits per heavy atom. The van der Waals surface area contributed by atoms with Gasteiger partial charge in [0.05, 0.1) is 18.3 Å². The molecule has 5 heterocycles. The summed E-state index contributed by atoms with van der Waals surface area (Å²) in [6.45, 7) is 2.92. The Kier molecular flexibility index (Phi) is 6.36. The molecule has 1 unspecified atom stereocenters. The number of piperidine rings is 1. The van der Waals surface area contributed by atoms with Crippen molar-refractivity contribution in [2.75, 3.05) is 25.9 Å². The Balaban J connectivity index is 1.47. The van der Waals surface area contributed by atoms with Crippen molar-refractivity contribution >= 4 is 17.4 Å². The second kappa shape index (κ2) is 9.92. The predicted molar refractivity (Wildman–Crippen MR) is 133 cm³/mol. The van der Waals surface area contributed by atoms with Crippen LogP contribution in [0.25, 0.3) is 16.9 Å². The Morgan fingerprint density at radius 3 is 2.78 bits per heavy atom. The summed E-state index contributed by atoms with van der Waals surface area (Å²) in [5, 5.41) is 0. The van der Waals surface area contributed by atoms with Crippen molar-refractivity contribution in [2.24, 2.45) is 0 Å². The fourth-order valence-electron chi connectivity index (χ4n) is 4.40. The van der Waals surface area contributed by atoms with Crippen LogP contribution >= 0.6 is 0 Å². The van der Waals surface area contributed by atoms with E-state index < -0.39 is 0 Å². The lowest BCUT2D eigenvalue weighted by atomic mass is 9.94. The molecule has 10 nitrogen and oxygen atoms in total. The van der Waals surface area contributed by atoms with E-state index in [2.05, 4.69) is 26.8 Å². The van der Waals surface area contributed by atoms with E-state index in [-0.39, 0.29) is 11.8 Å². The molecule has 0 aliphatic carbocycles. The number of anilines is 1.